The van der Waals surface area contributed by atoms with Crippen LogP contribution in [0.3, 0.4) is 0 Å². The van der Waals surface area contributed by atoms with Crippen molar-refractivity contribution < 1.29 is 12.9 Å². The molecule has 1 aromatic carbocycles. The molecule has 0 amide bonds. The summed E-state index contributed by atoms with van der Waals surface area (Å²) >= 11 is 0. The Labute approximate surface area is 100 Å². The van der Waals surface area contributed by atoms with Crippen LogP contribution in [0.2, 0.25) is 0 Å². The molecule has 0 atom stereocenters. The van der Waals surface area contributed by atoms with Gasteiger partial charge in [0.2, 0.25) is 0 Å². The summed E-state index contributed by atoms with van der Waals surface area (Å²) in [5.41, 5.74) is 1.97. The van der Waals surface area contributed by atoms with Gasteiger partial charge in [-0.25, -0.2) is 8.42 Å². The lowest BCUT2D eigenvalue weighted by Crippen LogP contribution is -2.01. The molecule has 17 heavy (non-hydrogen) atoms. The summed E-state index contributed by atoms with van der Waals surface area (Å²) in [6.07, 6.45) is 1.18. The molecule has 1 heterocycles. The first-order valence-corrected chi connectivity index (χ1v) is 6.94. The van der Waals surface area contributed by atoms with Gasteiger partial charge in [0.15, 0.2) is 15.6 Å². The molecular formula is C12H12NO3S. The predicted molar refractivity (Wildman–Crippen MR) is 63.4 cm³/mol. The third kappa shape index (κ3) is 2.24. The van der Waals surface area contributed by atoms with Crippen molar-refractivity contribution >= 4 is 9.84 Å². The van der Waals surface area contributed by atoms with Crippen LogP contribution >= 0.6 is 0 Å². The lowest BCUT2D eigenvalue weighted by atomic mass is 10.1. The van der Waals surface area contributed by atoms with E-state index in [9.17, 15) is 8.42 Å². The van der Waals surface area contributed by atoms with Gasteiger partial charge in [-0.05, 0) is 31.5 Å². The van der Waals surface area contributed by atoms with Crippen LogP contribution in [0, 0.1) is 19.9 Å². The van der Waals surface area contributed by atoms with Crippen LogP contribution in [0.1, 0.15) is 11.3 Å². The maximum Gasteiger partial charge on any atom is 0.176 e. The highest BCUT2D eigenvalue weighted by Gasteiger charge is 2.19. The van der Waals surface area contributed by atoms with E-state index < -0.39 is 9.84 Å². The summed E-state index contributed by atoms with van der Waals surface area (Å²) < 4.78 is 28.6. The average Bonchev–Trinajstić information content (AvgIpc) is 2.63. The molecule has 1 aromatic heterocycles. The zero-order valence-corrected chi connectivity index (χ0v) is 10.6. The molecule has 2 aromatic rings. The molecule has 0 saturated heterocycles. The summed E-state index contributed by atoms with van der Waals surface area (Å²) in [4.78, 5) is 0.241. The van der Waals surface area contributed by atoms with Crippen molar-refractivity contribution in [1.82, 2.24) is 5.16 Å². The topological polar surface area (TPSA) is 60.2 Å². The second kappa shape index (κ2) is 4.00. The van der Waals surface area contributed by atoms with Gasteiger partial charge in [-0.2, -0.15) is 0 Å². The first-order valence-electron chi connectivity index (χ1n) is 5.04. The average molecular weight is 250 g/mol. The smallest absolute Gasteiger partial charge is 0.176 e. The van der Waals surface area contributed by atoms with Crippen LogP contribution in [0.25, 0.3) is 11.3 Å². The second-order valence-corrected chi connectivity index (χ2v) is 5.93. The van der Waals surface area contributed by atoms with Gasteiger partial charge in [-0.1, -0.05) is 11.2 Å². The molecule has 0 aliphatic heterocycles. The van der Waals surface area contributed by atoms with Crippen molar-refractivity contribution in [1.29, 1.82) is 0 Å². The summed E-state index contributed by atoms with van der Waals surface area (Å²) in [5.74, 6) is 0.456. The van der Waals surface area contributed by atoms with Crippen molar-refractivity contribution in [2.24, 2.45) is 0 Å². The maximum atomic E-state index is 11.7. The van der Waals surface area contributed by atoms with Gasteiger partial charge in [0.1, 0.15) is 0 Å². The zero-order valence-electron chi connectivity index (χ0n) is 9.81. The maximum absolute atomic E-state index is 11.7. The minimum atomic E-state index is -3.30. The van der Waals surface area contributed by atoms with Crippen LogP contribution in [0.5, 0.6) is 0 Å². The number of hydrogen-bond donors (Lipinski definition) is 0. The first-order chi connectivity index (χ1) is 7.89. The molecule has 0 bridgehead atoms. The Balaban J connectivity index is 2.76. The molecule has 0 aliphatic carbocycles. The van der Waals surface area contributed by atoms with Crippen LogP contribution in [0.15, 0.2) is 27.6 Å². The molecule has 4 nitrogen and oxygen atoms in total. The fourth-order valence-electron chi connectivity index (χ4n) is 1.68. The minimum absolute atomic E-state index is 0.241. The summed E-state index contributed by atoms with van der Waals surface area (Å²) in [6, 6.07) is 7.80. The SMILES string of the molecule is Cc1cc(-c2c(C)[c]ccc2S(C)(=O)=O)on1. The molecule has 1 radical (unpaired) electrons. The molecule has 0 saturated carbocycles. The molecule has 0 N–H and O–H groups in total. The number of rotatable bonds is 2. The highest BCUT2D eigenvalue weighted by Crippen LogP contribution is 2.30. The first kappa shape index (κ1) is 11.9. The molecule has 0 aliphatic rings. The van der Waals surface area contributed by atoms with E-state index >= 15 is 0 Å². The Kier molecular flexibility index (Phi) is 2.79. The number of aromatic nitrogens is 1. The van der Waals surface area contributed by atoms with Crippen LogP contribution < -0.4 is 0 Å². The Morgan fingerprint density at radius 3 is 2.59 bits per heavy atom. The number of sulfone groups is 1. The quantitative estimate of drug-likeness (QED) is 0.819. The van der Waals surface area contributed by atoms with E-state index in [1.165, 1.54) is 12.3 Å². The van der Waals surface area contributed by atoms with Crippen molar-refractivity contribution in [3.05, 3.63) is 35.5 Å². The van der Waals surface area contributed by atoms with Gasteiger partial charge < -0.3 is 4.52 Å². The van der Waals surface area contributed by atoms with Crippen molar-refractivity contribution in [3.8, 4) is 11.3 Å². The lowest BCUT2D eigenvalue weighted by molar-refractivity contribution is 0.426. The Morgan fingerprint density at radius 1 is 1.35 bits per heavy atom. The fraction of sp³-hybridized carbons (Fsp3) is 0.250. The third-order valence-electron chi connectivity index (χ3n) is 2.43. The largest absolute Gasteiger partial charge is 0.356 e. The zero-order chi connectivity index (χ0) is 12.6. The van der Waals surface area contributed by atoms with E-state index in [1.807, 2.05) is 0 Å². The number of nitrogens with zero attached hydrogens (tertiary/aromatic N) is 1. The van der Waals surface area contributed by atoms with Crippen molar-refractivity contribution in [2.75, 3.05) is 6.26 Å². The van der Waals surface area contributed by atoms with E-state index in [4.69, 9.17) is 4.52 Å². The predicted octanol–water partition coefficient (Wildman–Crippen LogP) is 2.16. The Bertz CT molecular complexity index is 656. The van der Waals surface area contributed by atoms with Gasteiger partial charge in [0, 0.05) is 17.9 Å². The van der Waals surface area contributed by atoms with E-state index in [2.05, 4.69) is 11.2 Å². The van der Waals surface area contributed by atoms with Gasteiger partial charge in [0.05, 0.1) is 10.6 Å². The van der Waals surface area contributed by atoms with Crippen molar-refractivity contribution in [3.63, 3.8) is 0 Å². The number of hydrogen-bond acceptors (Lipinski definition) is 4. The van der Waals surface area contributed by atoms with Gasteiger partial charge in [-0.3, -0.25) is 0 Å². The molecule has 2 rings (SSSR count). The summed E-state index contributed by atoms with van der Waals surface area (Å²) in [6.45, 7) is 3.58. The molecule has 0 fully saturated rings. The van der Waals surface area contributed by atoms with Gasteiger partial charge in [-0.15, -0.1) is 0 Å². The summed E-state index contributed by atoms with van der Waals surface area (Å²) in [5, 5.41) is 3.77. The number of aryl methyl sites for hydroxylation is 2. The van der Waals surface area contributed by atoms with Crippen LogP contribution in [0.4, 0.5) is 0 Å². The van der Waals surface area contributed by atoms with Gasteiger partial charge in [0.25, 0.3) is 0 Å². The number of benzene rings is 1. The molecule has 5 heteroatoms. The minimum Gasteiger partial charge on any atom is -0.356 e. The molecule has 0 unspecified atom stereocenters. The van der Waals surface area contributed by atoms with E-state index in [0.717, 1.165) is 5.56 Å². The van der Waals surface area contributed by atoms with Crippen LogP contribution in [-0.2, 0) is 9.84 Å². The van der Waals surface area contributed by atoms with E-state index in [-0.39, 0.29) is 4.90 Å². The monoisotopic (exact) mass is 250 g/mol. The third-order valence-corrected chi connectivity index (χ3v) is 3.57. The Morgan fingerprint density at radius 2 is 2.06 bits per heavy atom. The van der Waals surface area contributed by atoms with Gasteiger partial charge >= 0.3 is 0 Å². The highest BCUT2D eigenvalue weighted by molar-refractivity contribution is 7.90. The van der Waals surface area contributed by atoms with Crippen molar-refractivity contribution in [2.45, 2.75) is 18.7 Å². The standard InChI is InChI=1S/C12H12NO3S/c1-8-5-4-6-11(17(3,14)15)12(8)10-7-9(2)13-16-10/h4,6-7H,1-3H3. The fourth-order valence-corrected chi connectivity index (χ4v) is 2.62. The summed E-state index contributed by atoms with van der Waals surface area (Å²) in [7, 11) is -3.30. The lowest BCUT2D eigenvalue weighted by Gasteiger charge is -2.07. The highest BCUT2D eigenvalue weighted by atomic mass is 32.2. The van der Waals surface area contributed by atoms with E-state index in [1.54, 1.807) is 26.0 Å². The molecule has 89 valence electrons. The van der Waals surface area contributed by atoms with Crippen LogP contribution in [-0.4, -0.2) is 19.8 Å². The molecular weight excluding hydrogens is 238 g/mol. The van der Waals surface area contributed by atoms with E-state index in [0.29, 0.717) is 17.0 Å². The molecule has 0 spiro atoms. The second-order valence-electron chi connectivity index (χ2n) is 3.95. The Hall–Kier alpha value is -1.62. The normalized spacial score (nSPS) is 11.7.